The van der Waals surface area contributed by atoms with Gasteiger partial charge in [0.25, 0.3) is 0 Å². The van der Waals surface area contributed by atoms with E-state index in [9.17, 15) is 18.0 Å². The number of hydrogen-bond acceptors (Lipinski definition) is 4. The van der Waals surface area contributed by atoms with Crippen LogP contribution in [-0.4, -0.2) is 50.0 Å². The summed E-state index contributed by atoms with van der Waals surface area (Å²) in [5, 5.41) is 3.78. The molecular formula is C26H33Cl2N3O4S. The van der Waals surface area contributed by atoms with E-state index in [2.05, 4.69) is 5.32 Å². The second kappa shape index (κ2) is 12.3. The van der Waals surface area contributed by atoms with Crippen LogP contribution in [0.1, 0.15) is 50.2 Å². The van der Waals surface area contributed by atoms with E-state index in [1.54, 1.807) is 56.3 Å². The molecule has 1 aliphatic rings. The lowest BCUT2D eigenvalue weighted by Crippen LogP contribution is -2.53. The highest BCUT2D eigenvalue weighted by Crippen LogP contribution is 2.26. The molecule has 1 N–H and O–H groups in total. The molecule has 0 heterocycles. The standard InChI is InChI=1S/C26H33Cl2N3O4S/c1-18-9-7-8-12-24(18)31(36(3,34)35)17-25(32)30(16-20-13-14-22(27)23(28)15-20)19(2)26(33)29-21-10-5-4-6-11-21/h7-9,12-15,19,21H,4-6,10-11,16-17H2,1-3H3,(H,29,33)/t19-/m0/s1. The number of anilines is 1. The molecule has 1 fully saturated rings. The van der Waals surface area contributed by atoms with Gasteiger partial charge in [0.1, 0.15) is 12.6 Å². The number of benzene rings is 2. The average molecular weight is 555 g/mol. The molecule has 0 unspecified atom stereocenters. The first-order chi connectivity index (χ1) is 17.0. The van der Waals surface area contributed by atoms with Crippen molar-refractivity contribution >= 4 is 50.7 Å². The minimum absolute atomic E-state index is 0.0698. The number of sulfonamides is 1. The highest BCUT2D eigenvalue weighted by atomic mass is 35.5. The zero-order chi connectivity index (χ0) is 26.5. The molecule has 0 radical (unpaired) electrons. The molecule has 0 saturated heterocycles. The van der Waals surface area contributed by atoms with Crippen molar-refractivity contribution in [1.82, 2.24) is 10.2 Å². The van der Waals surface area contributed by atoms with Gasteiger partial charge in [-0.05, 0) is 56.0 Å². The average Bonchev–Trinajstić information content (AvgIpc) is 2.83. The Hall–Kier alpha value is -2.29. The van der Waals surface area contributed by atoms with Gasteiger partial charge in [-0.1, -0.05) is 66.7 Å². The van der Waals surface area contributed by atoms with Gasteiger partial charge in [-0.25, -0.2) is 8.42 Å². The van der Waals surface area contributed by atoms with Gasteiger partial charge in [0.2, 0.25) is 21.8 Å². The zero-order valence-electron chi connectivity index (χ0n) is 20.8. The smallest absolute Gasteiger partial charge is 0.244 e. The molecule has 2 aromatic carbocycles. The largest absolute Gasteiger partial charge is 0.352 e. The molecule has 0 aliphatic heterocycles. The fourth-order valence-electron chi connectivity index (χ4n) is 4.42. The number of para-hydroxylation sites is 1. The highest BCUT2D eigenvalue weighted by molar-refractivity contribution is 7.92. The summed E-state index contributed by atoms with van der Waals surface area (Å²) < 4.78 is 26.5. The second-order valence-corrected chi connectivity index (χ2v) is 12.1. The molecule has 3 rings (SSSR count). The van der Waals surface area contributed by atoms with Gasteiger partial charge < -0.3 is 10.2 Å². The number of nitrogens with zero attached hydrogens (tertiary/aromatic N) is 2. The second-order valence-electron chi connectivity index (χ2n) is 9.35. The van der Waals surface area contributed by atoms with Crippen molar-refractivity contribution in [2.24, 2.45) is 0 Å². The van der Waals surface area contributed by atoms with Crippen molar-refractivity contribution in [3.8, 4) is 0 Å². The Bertz CT molecular complexity index is 1200. The summed E-state index contributed by atoms with van der Waals surface area (Å²) >= 11 is 12.2. The molecule has 1 atom stereocenters. The highest BCUT2D eigenvalue weighted by Gasteiger charge is 2.31. The third kappa shape index (κ3) is 7.37. The lowest BCUT2D eigenvalue weighted by molar-refractivity contribution is -0.139. The zero-order valence-corrected chi connectivity index (χ0v) is 23.2. The van der Waals surface area contributed by atoms with Crippen molar-refractivity contribution < 1.29 is 18.0 Å². The predicted octanol–water partition coefficient (Wildman–Crippen LogP) is 4.93. The number of halogens is 2. The molecule has 7 nitrogen and oxygen atoms in total. The summed E-state index contributed by atoms with van der Waals surface area (Å²) in [7, 11) is -3.78. The molecular weight excluding hydrogens is 521 g/mol. The fraction of sp³-hybridized carbons (Fsp3) is 0.462. The van der Waals surface area contributed by atoms with Crippen molar-refractivity contribution in [2.75, 3.05) is 17.1 Å². The quantitative estimate of drug-likeness (QED) is 0.476. The number of hydrogen-bond donors (Lipinski definition) is 1. The van der Waals surface area contributed by atoms with Gasteiger partial charge >= 0.3 is 0 Å². The number of carbonyl (C=O) groups is 2. The Morgan fingerprint density at radius 2 is 1.72 bits per heavy atom. The predicted molar refractivity (Wildman–Crippen MR) is 145 cm³/mol. The van der Waals surface area contributed by atoms with E-state index in [1.165, 1.54) is 4.90 Å². The number of rotatable bonds is 9. The van der Waals surface area contributed by atoms with E-state index in [-0.39, 0.29) is 18.5 Å². The summed E-state index contributed by atoms with van der Waals surface area (Å²) in [5.41, 5.74) is 1.81. The van der Waals surface area contributed by atoms with E-state index in [1.807, 2.05) is 0 Å². The SMILES string of the molecule is Cc1ccccc1N(CC(=O)N(Cc1ccc(Cl)c(Cl)c1)[C@@H](C)C(=O)NC1CCCCC1)S(C)(=O)=O. The molecule has 0 aromatic heterocycles. The molecule has 0 bridgehead atoms. The Labute approximate surface area is 223 Å². The van der Waals surface area contributed by atoms with Crippen molar-refractivity contribution in [3.63, 3.8) is 0 Å². The summed E-state index contributed by atoms with van der Waals surface area (Å²) in [6.45, 7) is 3.07. The lowest BCUT2D eigenvalue weighted by atomic mass is 9.95. The van der Waals surface area contributed by atoms with E-state index < -0.39 is 28.5 Å². The number of carbonyl (C=O) groups excluding carboxylic acids is 2. The van der Waals surface area contributed by atoms with Crippen LogP contribution in [0, 0.1) is 6.92 Å². The van der Waals surface area contributed by atoms with Crippen molar-refractivity contribution in [3.05, 3.63) is 63.6 Å². The van der Waals surface area contributed by atoms with E-state index in [0.717, 1.165) is 48.2 Å². The van der Waals surface area contributed by atoms with Crippen molar-refractivity contribution in [2.45, 2.75) is 64.6 Å². The summed E-state index contributed by atoms with van der Waals surface area (Å²) in [6.07, 6.45) is 6.16. The molecule has 2 amide bonds. The maximum Gasteiger partial charge on any atom is 0.244 e. The van der Waals surface area contributed by atoms with Crippen LogP contribution in [0.15, 0.2) is 42.5 Å². The normalized spacial score (nSPS) is 15.2. The van der Waals surface area contributed by atoms with Gasteiger partial charge in [0.05, 0.1) is 22.0 Å². The summed E-state index contributed by atoms with van der Waals surface area (Å²) in [4.78, 5) is 28.2. The summed E-state index contributed by atoms with van der Waals surface area (Å²) in [5.74, 6) is -0.766. The first-order valence-electron chi connectivity index (χ1n) is 12.0. The van der Waals surface area contributed by atoms with Crippen LogP contribution in [-0.2, 0) is 26.2 Å². The van der Waals surface area contributed by atoms with Gasteiger partial charge in [-0.15, -0.1) is 0 Å². The van der Waals surface area contributed by atoms with Gasteiger partial charge in [-0.3, -0.25) is 13.9 Å². The van der Waals surface area contributed by atoms with E-state index >= 15 is 0 Å². The molecule has 36 heavy (non-hydrogen) atoms. The Morgan fingerprint density at radius 3 is 2.33 bits per heavy atom. The molecule has 1 aliphatic carbocycles. The fourth-order valence-corrected chi connectivity index (χ4v) is 5.65. The molecule has 196 valence electrons. The lowest BCUT2D eigenvalue weighted by Gasteiger charge is -2.33. The Morgan fingerprint density at radius 1 is 1.06 bits per heavy atom. The molecule has 0 spiro atoms. The van der Waals surface area contributed by atoms with Crippen LogP contribution in [0.5, 0.6) is 0 Å². The monoisotopic (exact) mass is 553 g/mol. The van der Waals surface area contributed by atoms with Crippen LogP contribution in [0.2, 0.25) is 10.0 Å². The Balaban J connectivity index is 1.90. The minimum Gasteiger partial charge on any atom is -0.352 e. The Kier molecular flexibility index (Phi) is 9.66. The van der Waals surface area contributed by atoms with Crippen LogP contribution < -0.4 is 9.62 Å². The first kappa shape index (κ1) is 28.3. The number of aryl methyl sites for hydroxylation is 1. The van der Waals surface area contributed by atoms with Crippen LogP contribution >= 0.6 is 23.2 Å². The van der Waals surface area contributed by atoms with Crippen molar-refractivity contribution in [1.29, 1.82) is 0 Å². The van der Waals surface area contributed by atoms with Crippen LogP contribution in [0.3, 0.4) is 0 Å². The topological polar surface area (TPSA) is 86.8 Å². The molecule has 1 saturated carbocycles. The number of nitrogens with one attached hydrogen (secondary N) is 1. The molecule has 10 heteroatoms. The third-order valence-electron chi connectivity index (χ3n) is 6.52. The van der Waals surface area contributed by atoms with E-state index in [4.69, 9.17) is 23.2 Å². The summed E-state index contributed by atoms with van der Waals surface area (Å²) in [6, 6.07) is 11.2. The molecule has 2 aromatic rings. The first-order valence-corrected chi connectivity index (χ1v) is 14.6. The number of amides is 2. The van der Waals surface area contributed by atoms with Crippen LogP contribution in [0.25, 0.3) is 0 Å². The van der Waals surface area contributed by atoms with E-state index in [0.29, 0.717) is 21.3 Å². The maximum absolute atomic E-state index is 13.7. The maximum atomic E-state index is 13.7. The van der Waals surface area contributed by atoms with Gasteiger partial charge in [-0.2, -0.15) is 0 Å². The third-order valence-corrected chi connectivity index (χ3v) is 8.38. The minimum atomic E-state index is -3.78. The van der Waals surface area contributed by atoms with Gasteiger partial charge in [0.15, 0.2) is 0 Å². The van der Waals surface area contributed by atoms with Gasteiger partial charge in [0, 0.05) is 12.6 Å². The van der Waals surface area contributed by atoms with Crippen LogP contribution in [0.4, 0.5) is 5.69 Å².